The first-order valence-corrected chi connectivity index (χ1v) is 29.3. The molecule has 444 valence electrons. The minimum atomic E-state index is -0.382. The number of nitrogens with one attached hydrogen (secondary N) is 4. The summed E-state index contributed by atoms with van der Waals surface area (Å²) in [5.41, 5.74) is 6.41. The van der Waals surface area contributed by atoms with Crippen molar-refractivity contribution in [3.8, 4) is 12.1 Å². The molecule has 5 aromatic rings. The highest BCUT2D eigenvalue weighted by Crippen LogP contribution is 2.34. The summed E-state index contributed by atoms with van der Waals surface area (Å²) in [6.45, 7) is 29.5. The second-order valence-electron chi connectivity index (χ2n) is 24.1. The van der Waals surface area contributed by atoms with Gasteiger partial charge in [0.15, 0.2) is 22.4 Å². The molecule has 2 aromatic heterocycles. The molecule has 20 nitrogen and oxygen atoms in total. The van der Waals surface area contributed by atoms with Gasteiger partial charge in [0.25, 0.3) is 0 Å². The van der Waals surface area contributed by atoms with Gasteiger partial charge in [-0.15, -0.1) is 20.4 Å². The lowest BCUT2D eigenvalue weighted by Crippen LogP contribution is -2.36. The first-order valence-electron chi connectivity index (χ1n) is 29.0. The molecule has 0 radical (unpaired) electrons. The van der Waals surface area contributed by atoms with E-state index in [0.717, 1.165) is 95.7 Å². The lowest BCUT2D eigenvalue weighted by atomic mass is 10.0. The predicted molar refractivity (Wildman–Crippen MR) is 326 cm³/mol. The van der Waals surface area contributed by atoms with E-state index in [9.17, 15) is 19.2 Å². The molecule has 0 aliphatic carbocycles. The van der Waals surface area contributed by atoms with Crippen LogP contribution in [0.4, 0.5) is 37.3 Å². The van der Waals surface area contributed by atoms with Gasteiger partial charge >= 0.3 is 18.2 Å². The van der Waals surface area contributed by atoms with Gasteiger partial charge in [0.05, 0.1) is 5.69 Å². The number of aliphatic imine (C=N–C) groups is 1. The number of amides is 5. The number of carbonyl (C=O) groups excluding carboxylic acids is 4. The number of nitriles is 2. The fourth-order valence-corrected chi connectivity index (χ4v) is 11.0. The minimum absolute atomic E-state index is 0.0311. The largest absolute Gasteiger partial charge is 0.444 e. The molecule has 6 aliphatic rings. The number of aromatic nitrogens is 4. The van der Waals surface area contributed by atoms with E-state index in [1.807, 2.05) is 102 Å². The molecule has 6 aliphatic heterocycles. The average molecular weight is 1160 g/mol. The summed E-state index contributed by atoms with van der Waals surface area (Å²) >= 11 is 5.39. The highest BCUT2D eigenvalue weighted by molar-refractivity contribution is 6.29. The maximum absolute atomic E-state index is 12.6. The fourth-order valence-electron chi connectivity index (χ4n) is 10.9. The molecule has 8 heterocycles. The molecule has 0 saturated carbocycles. The van der Waals surface area contributed by atoms with E-state index in [1.165, 1.54) is 34.9 Å². The molecule has 4 N–H and O–H groups in total. The van der Waals surface area contributed by atoms with Crippen molar-refractivity contribution >= 4 is 58.7 Å². The number of halogens is 1. The van der Waals surface area contributed by atoms with E-state index < -0.39 is 0 Å². The zero-order chi connectivity index (χ0) is 60.5. The van der Waals surface area contributed by atoms with Crippen LogP contribution in [-0.4, -0.2) is 143 Å². The molecule has 0 bridgehead atoms. The lowest BCUT2D eigenvalue weighted by Gasteiger charge is -2.24. The number of isocyanates is 1. The van der Waals surface area contributed by atoms with E-state index in [4.69, 9.17) is 26.9 Å². The van der Waals surface area contributed by atoms with Gasteiger partial charge in [0.2, 0.25) is 6.08 Å². The van der Waals surface area contributed by atoms with Crippen molar-refractivity contribution in [2.75, 3.05) is 94.1 Å². The van der Waals surface area contributed by atoms with Crippen LogP contribution >= 0.6 is 11.6 Å². The summed E-state index contributed by atoms with van der Waals surface area (Å²) in [4.78, 5) is 58.0. The lowest BCUT2D eigenvalue weighted by molar-refractivity contribution is 0.0281. The summed E-state index contributed by atoms with van der Waals surface area (Å²) in [6, 6.07) is 34.2. The number of fused-ring (bicyclic) bond motifs is 3. The van der Waals surface area contributed by atoms with Crippen LogP contribution in [0, 0.1) is 58.2 Å². The van der Waals surface area contributed by atoms with Crippen molar-refractivity contribution in [1.29, 1.82) is 10.5 Å². The standard InChI is InChI=1S/C21H24N6O.C16H23N3O.C11H20N2O2.C10H11NO.C5H2ClN3/c1-14(2)15-3-5-18(6-4-15)23-21(28)27-12-16-10-26(11-17(16)13-27)20-8-7-19(9-22)24-25-20;1-11(2)12-3-5-15(6-4-12)18-16(20)19-9-13-7-17-8-14(13)10-19;1-11(2,3)15-10(14)13-6-8-4-12-5-9(8)7-13;1-8(2)9-3-5-10(6-4-9)11-7-12;6-5-2-1-4(3-7)8-9-5/h3-8,14,16-17H,10-13H2,1-2H3,(H,23,28);3-6,11,13-14,17H,7-10H2,1-2H3,(H,18,20);8-9,12H,4-7H2,1-3H3;3-6,8H,1-2H3;1-2H. The number of nitrogens with zero attached hydrogens (tertiary/aromatic N) is 11. The number of rotatable bonds is 7. The van der Waals surface area contributed by atoms with E-state index in [-0.39, 0.29) is 29.5 Å². The third kappa shape index (κ3) is 18.5. The molecule has 6 saturated heterocycles. The van der Waals surface area contributed by atoms with E-state index in [2.05, 4.69) is 117 Å². The Morgan fingerprint density at radius 2 is 0.952 bits per heavy atom. The van der Waals surface area contributed by atoms with Gasteiger partial charge in [0, 0.05) is 102 Å². The number of likely N-dealkylation sites (tertiary alicyclic amines) is 3. The van der Waals surface area contributed by atoms with Crippen LogP contribution < -0.4 is 26.2 Å². The Morgan fingerprint density at radius 1 is 0.560 bits per heavy atom. The van der Waals surface area contributed by atoms with Crippen LogP contribution in [-0.2, 0) is 9.53 Å². The summed E-state index contributed by atoms with van der Waals surface area (Å²) in [5.74, 6) is 5.74. The van der Waals surface area contributed by atoms with E-state index in [0.29, 0.717) is 69.8 Å². The average Bonchev–Trinajstić information content (AvgIpc) is 4.53. The summed E-state index contributed by atoms with van der Waals surface area (Å²) < 4.78 is 5.35. The minimum Gasteiger partial charge on any atom is -0.444 e. The molecular weight excluding hydrogens is 1080 g/mol. The maximum atomic E-state index is 12.6. The first kappa shape index (κ1) is 63.6. The van der Waals surface area contributed by atoms with E-state index >= 15 is 0 Å². The Balaban J connectivity index is 0.000000159. The fraction of sp³-hybridized carbons (Fsp3) is 0.492. The number of carbonyl (C=O) groups is 3. The third-order valence-corrected chi connectivity index (χ3v) is 15.9. The van der Waals surface area contributed by atoms with Gasteiger partial charge in [-0.05, 0) is 140 Å². The molecule has 84 heavy (non-hydrogen) atoms. The molecule has 11 rings (SSSR count). The molecule has 0 spiro atoms. The van der Waals surface area contributed by atoms with Crippen LogP contribution in [0.2, 0.25) is 5.15 Å². The zero-order valence-corrected chi connectivity index (χ0v) is 50.5. The van der Waals surface area contributed by atoms with Gasteiger partial charge in [-0.25, -0.2) is 19.2 Å². The number of benzene rings is 3. The van der Waals surface area contributed by atoms with Crippen LogP contribution in [0.3, 0.4) is 0 Å². The van der Waals surface area contributed by atoms with E-state index in [1.54, 1.807) is 6.07 Å². The summed E-state index contributed by atoms with van der Waals surface area (Å²) in [5, 5.41) is 45.1. The van der Waals surface area contributed by atoms with Crippen LogP contribution in [0.1, 0.15) is 108 Å². The number of urea groups is 2. The first-order chi connectivity index (χ1) is 40.2. The Kier molecular flexibility index (Phi) is 22.7. The molecule has 5 amide bonds. The number of hydrogen-bond donors (Lipinski definition) is 4. The third-order valence-electron chi connectivity index (χ3n) is 15.7. The molecule has 6 atom stereocenters. The Labute approximate surface area is 499 Å². The zero-order valence-electron chi connectivity index (χ0n) is 49.8. The number of ether oxygens (including phenoxy) is 1. The smallest absolute Gasteiger partial charge is 0.410 e. The summed E-state index contributed by atoms with van der Waals surface area (Å²) in [6.07, 6.45) is 1.35. The van der Waals surface area contributed by atoms with Crippen LogP contribution in [0.25, 0.3) is 0 Å². The van der Waals surface area contributed by atoms with Crippen molar-refractivity contribution in [1.82, 2.24) is 45.7 Å². The van der Waals surface area contributed by atoms with Crippen molar-refractivity contribution in [3.05, 3.63) is 130 Å². The quantitative estimate of drug-likeness (QED) is 0.0874. The number of anilines is 3. The Hall–Kier alpha value is -8.00. The Morgan fingerprint density at radius 3 is 1.31 bits per heavy atom. The van der Waals surface area contributed by atoms with Crippen molar-refractivity contribution in [3.63, 3.8) is 0 Å². The van der Waals surface area contributed by atoms with Gasteiger partial charge in [-0.3, -0.25) is 0 Å². The Bertz CT molecular complexity index is 3050. The highest BCUT2D eigenvalue weighted by Gasteiger charge is 2.43. The van der Waals surface area contributed by atoms with Gasteiger partial charge in [0.1, 0.15) is 17.7 Å². The SMILES string of the molecule is CC(C)(C)OC(=O)N1CC2CNCC2C1.CC(C)c1ccc(N=C=O)cc1.CC(C)c1ccc(NC(=O)N2CC3CN(c4ccc(C#N)nn4)CC3C2)cc1.CC(C)c1ccc(NC(=O)N2CC3CNCC3C2)cc1.N#Cc1ccc(Cl)nn1. The van der Waals surface area contributed by atoms with Gasteiger partial charge in [-0.1, -0.05) is 89.5 Å². The normalized spacial score (nSPS) is 20.7. The van der Waals surface area contributed by atoms with Crippen molar-refractivity contribution in [2.24, 2.45) is 40.5 Å². The van der Waals surface area contributed by atoms with Gasteiger partial charge in [-0.2, -0.15) is 15.5 Å². The topological polar surface area (TPSA) is 250 Å². The molecular formula is C63H80ClN15O5. The second-order valence-corrected chi connectivity index (χ2v) is 24.5. The summed E-state index contributed by atoms with van der Waals surface area (Å²) in [7, 11) is 0. The molecule has 21 heteroatoms. The molecule has 3 aromatic carbocycles. The molecule has 6 unspecified atom stereocenters. The number of hydrogen-bond acceptors (Lipinski definition) is 15. The monoisotopic (exact) mass is 1160 g/mol. The van der Waals surface area contributed by atoms with Gasteiger partial charge < -0.3 is 45.6 Å². The van der Waals surface area contributed by atoms with Crippen LogP contribution in [0.5, 0.6) is 0 Å². The van der Waals surface area contributed by atoms with Crippen LogP contribution in [0.15, 0.2) is 102 Å². The highest BCUT2D eigenvalue weighted by atomic mass is 35.5. The molecule has 6 fully saturated rings. The second kappa shape index (κ2) is 30.0. The maximum Gasteiger partial charge on any atom is 0.410 e. The van der Waals surface area contributed by atoms with Crippen molar-refractivity contribution < 1.29 is 23.9 Å². The predicted octanol–water partition coefficient (Wildman–Crippen LogP) is 10.4. The van der Waals surface area contributed by atoms with Crippen molar-refractivity contribution in [2.45, 2.75) is 85.7 Å².